The summed E-state index contributed by atoms with van der Waals surface area (Å²) in [6.45, 7) is 0. The Morgan fingerprint density at radius 2 is 2.00 bits per heavy atom. The molecule has 0 aliphatic carbocycles. The molecule has 0 bridgehead atoms. The summed E-state index contributed by atoms with van der Waals surface area (Å²) in [5.41, 5.74) is 5.77. The summed E-state index contributed by atoms with van der Waals surface area (Å²) in [6.07, 6.45) is 3.13. The second-order valence-electron chi connectivity index (χ2n) is 3.83. The second kappa shape index (κ2) is 5.81. The molecule has 0 aliphatic heterocycles. The first kappa shape index (κ1) is 14.2. The molecule has 0 unspecified atom stereocenters. The summed E-state index contributed by atoms with van der Waals surface area (Å²) >= 11 is 13.3. The smallest absolute Gasteiger partial charge is 0.158 e. The second-order valence-corrected chi connectivity index (χ2v) is 5.62. The maximum atomic E-state index is 6.30. The molecule has 0 aliphatic rings. The molecule has 19 heavy (non-hydrogen) atoms. The fourth-order valence-corrected chi connectivity index (χ4v) is 2.67. The van der Waals surface area contributed by atoms with E-state index in [0.717, 1.165) is 4.90 Å². The predicted molar refractivity (Wildman–Crippen MR) is 79.2 cm³/mol. The van der Waals surface area contributed by atoms with Crippen LogP contribution in [0.2, 0.25) is 10.2 Å². The molecule has 2 N–H and O–H groups in total. The van der Waals surface area contributed by atoms with E-state index in [1.807, 2.05) is 19.0 Å². The van der Waals surface area contributed by atoms with Gasteiger partial charge >= 0.3 is 0 Å². The van der Waals surface area contributed by atoms with Gasteiger partial charge in [0.25, 0.3) is 0 Å². The van der Waals surface area contributed by atoms with Gasteiger partial charge in [0.15, 0.2) is 5.82 Å². The Morgan fingerprint density at radius 3 is 2.63 bits per heavy atom. The van der Waals surface area contributed by atoms with Crippen LogP contribution in [0.25, 0.3) is 0 Å². The maximum absolute atomic E-state index is 6.30. The minimum absolute atomic E-state index is 0.261. The highest BCUT2D eigenvalue weighted by atomic mass is 35.5. The summed E-state index contributed by atoms with van der Waals surface area (Å²) in [5.74, 6) is 0.962. The molecule has 100 valence electrons. The molecule has 0 atom stereocenters. The van der Waals surface area contributed by atoms with Crippen molar-refractivity contribution in [1.29, 1.82) is 0 Å². The van der Waals surface area contributed by atoms with E-state index >= 15 is 0 Å². The van der Waals surface area contributed by atoms with Crippen LogP contribution in [0.4, 0.5) is 11.6 Å². The molecule has 0 aromatic carbocycles. The largest absolute Gasteiger partial charge is 0.381 e. The van der Waals surface area contributed by atoms with Crippen LogP contribution < -0.4 is 10.6 Å². The molecule has 5 nitrogen and oxygen atoms in total. The van der Waals surface area contributed by atoms with Crippen LogP contribution in [0.1, 0.15) is 0 Å². The van der Waals surface area contributed by atoms with Crippen LogP contribution in [-0.4, -0.2) is 29.0 Å². The monoisotopic (exact) mass is 315 g/mol. The molecule has 0 saturated carbocycles. The quantitative estimate of drug-likeness (QED) is 0.939. The van der Waals surface area contributed by atoms with Gasteiger partial charge in [-0.3, -0.25) is 0 Å². The summed E-state index contributed by atoms with van der Waals surface area (Å²) in [4.78, 5) is 14.9. The number of hydrogen-bond acceptors (Lipinski definition) is 6. The van der Waals surface area contributed by atoms with Gasteiger partial charge in [-0.05, 0) is 6.07 Å². The van der Waals surface area contributed by atoms with Crippen molar-refractivity contribution in [2.75, 3.05) is 24.7 Å². The number of anilines is 2. The highest BCUT2D eigenvalue weighted by molar-refractivity contribution is 7.99. The zero-order valence-electron chi connectivity index (χ0n) is 10.3. The Balaban J connectivity index is 2.36. The normalized spacial score (nSPS) is 10.5. The number of pyridine rings is 1. The summed E-state index contributed by atoms with van der Waals surface area (Å²) in [7, 11) is 3.75. The van der Waals surface area contributed by atoms with Crippen molar-refractivity contribution in [3.05, 3.63) is 28.6 Å². The fourth-order valence-electron chi connectivity index (χ4n) is 1.36. The molecule has 2 aromatic heterocycles. The zero-order valence-corrected chi connectivity index (χ0v) is 12.6. The van der Waals surface area contributed by atoms with E-state index in [1.54, 1.807) is 12.3 Å². The number of aromatic nitrogens is 3. The van der Waals surface area contributed by atoms with Crippen LogP contribution in [0.5, 0.6) is 0 Å². The Morgan fingerprint density at radius 1 is 1.26 bits per heavy atom. The molecule has 0 saturated heterocycles. The van der Waals surface area contributed by atoms with E-state index < -0.39 is 0 Å². The minimum atomic E-state index is 0.261. The fraction of sp³-hybridized carbons (Fsp3) is 0.182. The van der Waals surface area contributed by atoms with Gasteiger partial charge in [-0.1, -0.05) is 35.0 Å². The molecule has 8 heteroatoms. The maximum Gasteiger partial charge on any atom is 0.158 e. The zero-order chi connectivity index (χ0) is 14.0. The molecule has 0 radical (unpaired) electrons. The van der Waals surface area contributed by atoms with Gasteiger partial charge in [-0.25, -0.2) is 15.0 Å². The molecule has 2 heterocycles. The summed E-state index contributed by atoms with van der Waals surface area (Å²) in [6, 6.07) is 1.80. The van der Waals surface area contributed by atoms with Gasteiger partial charge in [0.1, 0.15) is 16.0 Å². The highest BCUT2D eigenvalue weighted by Crippen LogP contribution is 2.37. The van der Waals surface area contributed by atoms with Gasteiger partial charge in [-0.15, -0.1) is 0 Å². The van der Waals surface area contributed by atoms with Crippen molar-refractivity contribution < 1.29 is 0 Å². The molecular formula is C11H11Cl2N5S. The van der Waals surface area contributed by atoms with Crippen LogP contribution in [0.15, 0.2) is 28.4 Å². The van der Waals surface area contributed by atoms with Crippen molar-refractivity contribution in [2.45, 2.75) is 9.92 Å². The first-order valence-electron chi connectivity index (χ1n) is 5.26. The van der Waals surface area contributed by atoms with Gasteiger partial charge in [0.2, 0.25) is 0 Å². The number of rotatable bonds is 3. The van der Waals surface area contributed by atoms with Gasteiger partial charge in [-0.2, -0.15) is 0 Å². The lowest BCUT2D eigenvalue weighted by Gasteiger charge is -2.14. The molecular weight excluding hydrogens is 305 g/mol. The number of hydrogen-bond donors (Lipinski definition) is 1. The van der Waals surface area contributed by atoms with Crippen molar-refractivity contribution >= 4 is 46.6 Å². The van der Waals surface area contributed by atoms with Crippen molar-refractivity contribution in [3.8, 4) is 0 Å². The van der Waals surface area contributed by atoms with Crippen LogP contribution in [0.3, 0.4) is 0 Å². The third-order valence-corrected chi connectivity index (χ3v) is 3.94. The molecule has 0 amide bonds. The Hall–Kier alpha value is -1.24. The Labute approximate surface area is 125 Å². The predicted octanol–water partition coefficient (Wildman–Crippen LogP) is 2.98. The number of nitrogens with zero attached hydrogens (tertiary/aromatic N) is 4. The van der Waals surface area contributed by atoms with E-state index in [9.17, 15) is 0 Å². The topological polar surface area (TPSA) is 67.9 Å². The molecule has 0 spiro atoms. The van der Waals surface area contributed by atoms with E-state index in [-0.39, 0.29) is 11.0 Å². The van der Waals surface area contributed by atoms with Gasteiger partial charge < -0.3 is 10.6 Å². The van der Waals surface area contributed by atoms with Gasteiger partial charge in [0, 0.05) is 25.2 Å². The highest BCUT2D eigenvalue weighted by Gasteiger charge is 2.13. The lowest BCUT2D eigenvalue weighted by Crippen LogP contribution is -2.11. The van der Waals surface area contributed by atoms with Crippen molar-refractivity contribution in [2.24, 2.45) is 0 Å². The summed E-state index contributed by atoms with van der Waals surface area (Å²) < 4.78 is 0. The Kier molecular flexibility index (Phi) is 4.34. The van der Waals surface area contributed by atoms with Crippen molar-refractivity contribution in [3.63, 3.8) is 0 Å². The first-order chi connectivity index (χ1) is 8.99. The van der Waals surface area contributed by atoms with E-state index in [1.165, 1.54) is 18.0 Å². The van der Waals surface area contributed by atoms with Gasteiger partial charge in [0.05, 0.1) is 11.2 Å². The third-order valence-electron chi connectivity index (χ3n) is 2.20. The number of halogens is 2. The average molecular weight is 316 g/mol. The molecule has 2 rings (SSSR count). The Bertz CT molecular complexity index is 606. The standard InChI is InChI=1S/C11H11Cl2N5S/c1-18(2)10-8(13)6(3-4-15-10)19-11-9(14)17-7(12)5-16-11/h3-5H,1-2H3,(H2,14,17). The first-order valence-corrected chi connectivity index (χ1v) is 6.84. The number of nitrogen functional groups attached to an aromatic ring is 1. The van der Waals surface area contributed by atoms with E-state index in [4.69, 9.17) is 28.9 Å². The van der Waals surface area contributed by atoms with E-state index in [0.29, 0.717) is 15.9 Å². The SMILES string of the molecule is CN(C)c1nccc(Sc2ncc(Cl)nc2N)c1Cl. The van der Waals surface area contributed by atoms with Crippen LogP contribution >= 0.6 is 35.0 Å². The third kappa shape index (κ3) is 3.20. The van der Waals surface area contributed by atoms with Crippen LogP contribution in [-0.2, 0) is 0 Å². The van der Waals surface area contributed by atoms with Crippen molar-refractivity contribution in [1.82, 2.24) is 15.0 Å². The van der Waals surface area contributed by atoms with Crippen LogP contribution in [0, 0.1) is 0 Å². The summed E-state index contributed by atoms with van der Waals surface area (Å²) in [5, 5.41) is 1.37. The lowest BCUT2D eigenvalue weighted by molar-refractivity contribution is 1.05. The minimum Gasteiger partial charge on any atom is -0.381 e. The lowest BCUT2D eigenvalue weighted by atomic mass is 10.4. The number of nitrogens with two attached hydrogens (primary N) is 1. The molecule has 0 fully saturated rings. The van der Waals surface area contributed by atoms with E-state index in [2.05, 4.69) is 15.0 Å². The average Bonchev–Trinajstić information content (AvgIpc) is 2.34. The molecule has 2 aromatic rings.